The molecule has 0 radical (unpaired) electrons. The highest BCUT2D eigenvalue weighted by atomic mass is 32.2. The maximum Gasteiger partial charge on any atom is 0.251 e. The number of hydrogen-bond donors (Lipinski definition) is 0. The largest absolute Gasteiger partial charge is 0.494 e. The normalized spacial score (nSPS) is 25.2. The molecule has 2 aliphatic heterocycles. The molecule has 2 heterocycles. The van der Waals surface area contributed by atoms with Gasteiger partial charge < -0.3 is 9.64 Å². The molecular formula is C19H26N2O4S2. The number of hydrogen-bond acceptors (Lipinski definition) is 5. The highest BCUT2D eigenvalue weighted by molar-refractivity contribution is 8.16. The van der Waals surface area contributed by atoms with Gasteiger partial charge in [0.25, 0.3) is 5.91 Å². The zero-order valence-corrected chi connectivity index (χ0v) is 17.6. The first kappa shape index (κ1) is 20.2. The molecule has 0 aromatic heterocycles. The van der Waals surface area contributed by atoms with Crippen LogP contribution in [-0.4, -0.2) is 48.9 Å². The Hall–Kier alpha value is -1.54. The summed E-state index contributed by atoms with van der Waals surface area (Å²) in [4.78, 5) is 18.9. The van der Waals surface area contributed by atoms with Crippen molar-refractivity contribution in [2.75, 3.05) is 23.0 Å². The van der Waals surface area contributed by atoms with E-state index in [1.54, 1.807) is 0 Å². The number of benzene rings is 1. The van der Waals surface area contributed by atoms with Crippen LogP contribution in [-0.2, 0) is 14.6 Å². The van der Waals surface area contributed by atoms with Gasteiger partial charge in [0.2, 0.25) is 0 Å². The summed E-state index contributed by atoms with van der Waals surface area (Å²) in [6.45, 7) is 6.48. The number of rotatable bonds is 6. The molecule has 1 amide bonds. The Morgan fingerprint density at radius 2 is 1.89 bits per heavy atom. The van der Waals surface area contributed by atoms with Crippen molar-refractivity contribution in [3.63, 3.8) is 0 Å². The van der Waals surface area contributed by atoms with Gasteiger partial charge in [0, 0.05) is 16.9 Å². The van der Waals surface area contributed by atoms with Gasteiger partial charge in [-0.3, -0.25) is 4.79 Å². The second kappa shape index (κ2) is 8.22. The van der Waals surface area contributed by atoms with E-state index in [-0.39, 0.29) is 34.6 Å². The quantitative estimate of drug-likeness (QED) is 0.717. The standard InChI is InChI=1S/C19H26N2O4S2/c1-4-13(5-2)18(22)20-19-21(14-7-9-15(10-8-14)25-6-3)16-11-27(23,24)12-17(16)26-19/h7-10,13,16-17H,4-6,11-12H2,1-3H3/t16-,17-/m0/s1. The van der Waals surface area contributed by atoms with E-state index in [0.29, 0.717) is 11.8 Å². The summed E-state index contributed by atoms with van der Waals surface area (Å²) in [5.41, 5.74) is 0.839. The number of ether oxygens (including phenoxy) is 1. The van der Waals surface area contributed by atoms with Crippen molar-refractivity contribution in [1.29, 1.82) is 0 Å². The maximum absolute atomic E-state index is 12.6. The van der Waals surface area contributed by atoms with E-state index in [0.717, 1.165) is 24.3 Å². The molecule has 0 N–H and O–H groups in total. The number of anilines is 1. The smallest absolute Gasteiger partial charge is 0.251 e. The lowest BCUT2D eigenvalue weighted by Crippen LogP contribution is -2.37. The zero-order chi connectivity index (χ0) is 19.6. The van der Waals surface area contributed by atoms with Gasteiger partial charge in [-0.15, -0.1) is 0 Å². The fourth-order valence-corrected chi connectivity index (χ4v) is 7.48. The third-order valence-electron chi connectivity index (χ3n) is 5.03. The first-order chi connectivity index (χ1) is 12.9. The predicted octanol–water partition coefficient (Wildman–Crippen LogP) is 3.12. The second-order valence-corrected chi connectivity index (χ2v) is 10.2. The molecule has 3 rings (SSSR count). The molecule has 2 fully saturated rings. The topological polar surface area (TPSA) is 76.0 Å². The third-order valence-corrected chi connectivity index (χ3v) is 8.24. The van der Waals surface area contributed by atoms with Crippen LogP contribution < -0.4 is 9.64 Å². The van der Waals surface area contributed by atoms with Crippen LogP contribution in [0.3, 0.4) is 0 Å². The van der Waals surface area contributed by atoms with Crippen LogP contribution in [0.4, 0.5) is 5.69 Å². The molecule has 148 valence electrons. The van der Waals surface area contributed by atoms with Gasteiger partial charge >= 0.3 is 0 Å². The molecule has 2 saturated heterocycles. The summed E-state index contributed by atoms with van der Waals surface area (Å²) in [5.74, 6) is 0.769. The van der Waals surface area contributed by atoms with Crippen molar-refractivity contribution >= 4 is 38.4 Å². The summed E-state index contributed by atoms with van der Waals surface area (Å²) >= 11 is 1.41. The molecule has 1 aromatic rings. The Morgan fingerprint density at radius 1 is 1.22 bits per heavy atom. The molecule has 2 atom stereocenters. The minimum atomic E-state index is -3.07. The number of aliphatic imine (C=N–C) groups is 1. The molecular weight excluding hydrogens is 384 g/mol. The number of amidine groups is 1. The molecule has 8 heteroatoms. The van der Waals surface area contributed by atoms with Crippen molar-refractivity contribution in [2.24, 2.45) is 10.9 Å². The van der Waals surface area contributed by atoms with E-state index >= 15 is 0 Å². The molecule has 0 unspecified atom stereocenters. The number of thioether (sulfide) groups is 1. The van der Waals surface area contributed by atoms with Gasteiger partial charge in [-0.05, 0) is 44.0 Å². The summed E-state index contributed by atoms with van der Waals surface area (Å²) in [5, 5.41) is 0.524. The Bertz CT molecular complexity index is 817. The van der Waals surface area contributed by atoms with E-state index in [1.165, 1.54) is 11.8 Å². The highest BCUT2D eigenvalue weighted by Crippen LogP contribution is 2.41. The summed E-state index contributed by atoms with van der Waals surface area (Å²) in [6, 6.07) is 7.33. The van der Waals surface area contributed by atoms with Crippen molar-refractivity contribution < 1.29 is 17.9 Å². The predicted molar refractivity (Wildman–Crippen MR) is 110 cm³/mol. The van der Waals surface area contributed by atoms with E-state index in [4.69, 9.17) is 4.74 Å². The number of carbonyl (C=O) groups excluding carboxylic acids is 1. The van der Waals surface area contributed by atoms with Gasteiger partial charge in [0.1, 0.15) is 5.75 Å². The van der Waals surface area contributed by atoms with Crippen LogP contribution in [0.1, 0.15) is 33.6 Å². The van der Waals surface area contributed by atoms with E-state index in [2.05, 4.69) is 4.99 Å². The van der Waals surface area contributed by atoms with Crippen LogP contribution >= 0.6 is 11.8 Å². The molecule has 27 heavy (non-hydrogen) atoms. The van der Waals surface area contributed by atoms with Gasteiger partial charge in [0.15, 0.2) is 15.0 Å². The minimum Gasteiger partial charge on any atom is -0.494 e. The van der Waals surface area contributed by atoms with E-state index in [9.17, 15) is 13.2 Å². The number of nitrogens with zero attached hydrogens (tertiary/aromatic N) is 2. The SMILES string of the molecule is CCOc1ccc(N2C(=NC(=O)C(CC)CC)S[C@H]3CS(=O)(=O)C[C@@H]32)cc1. The fourth-order valence-electron chi connectivity index (χ4n) is 3.56. The molecule has 1 aromatic carbocycles. The number of carbonyl (C=O) groups is 1. The minimum absolute atomic E-state index is 0.0881. The van der Waals surface area contributed by atoms with Gasteiger partial charge in [-0.25, -0.2) is 8.42 Å². The number of sulfone groups is 1. The maximum atomic E-state index is 12.6. The first-order valence-electron chi connectivity index (χ1n) is 9.40. The number of fused-ring (bicyclic) bond motifs is 1. The van der Waals surface area contributed by atoms with Crippen LogP contribution in [0.2, 0.25) is 0 Å². The van der Waals surface area contributed by atoms with Gasteiger partial charge in [-0.1, -0.05) is 25.6 Å². The summed E-state index contributed by atoms with van der Waals surface area (Å²) in [7, 11) is -3.07. The lowest BCUT2D eigenvalue weighted by molar-refractivity contribution is -0.121. The van der Waals surface area contributed by atoms with Gasteiger partial charge in [0.05, 0.1) is 24.2 Å². The summed E-state index contributed by atoms with van der Waals surface area (Å²) < 4.78 is 29.7. The van der Waals surface area contributed by atoms with Crippen molar-refractivity contribution in [3.05, 3.63) is 24.3 Å². The van der Waals surface area contributed by atoms with Crippen molar-refractivity contribution in [1.82, 2.24) is 0 Å². The Morgan fingerprint density at radius 3 is 2.48 bits per heavy atom. The Labute approximate surface area is 165 Å². The van der Waals surface area contributed by atoms with E-state index in [1.807, 2.05) is 49.9 Å². The molecule has 0 saturated carbocycles. The monoisotopic (exact) mass is 410 g/mol. The molecule has 0 bridgehead atoms. The fraction of sp³-hybridized carbons (Fsp3) is 0.579. The average molecular weight is 411 g/mol. The van der Waals surface area contributed by atoms with Crippen LogP contribution in [0.15, 0.2) is 29.3 Å². The Kier molecular flexibility index (Phi) is 6.15. The average Bonchev–Trinajstić information content (AvgIpc) is 3.08. The second-order valence-electron chi connectivity index (χ2n) is 6.84. The molecule has 2 aliphatic rings. The van der Waals surface area contributed by atoms with Crippen molar-refractivity contribution in [3.8, 4) is 5.75 Å². The van der Waals surface area contributed by atoms with Crippen LogP contribution in [0.25, 0.3) is 0 Å². The molecule has 6 nitrogen and oxygen atoms in total. The Balaban J connectivity index is 1.94. The van der Waals surface area contributed by atoms with E-state index < -0.39 is 9.84 Å². The third kappa shape index (κ3) is 4.32. The molecule has 0 spiro atoms. The van der Waals surface area contributed by atoms with Crippen LogP contribution in [0, 0.1) is 5.92 Å². The first-order valence-corrected chi connectivity index (χ1v) is 12.1. The lowest BCUT2D eigenvalue weighted by Gasteiger charge is -2.25. The lowest BCUT2D eigenvalue weighted by atomic mass is 10.0. The highest BCUT2D eigenvalue weighted by Gasteiger charge is 2.49. The molecule has 0 aliphatic carbocycles. The van der Waals surface area contributed by atoms with Crippen molar-refractivity contribution in [2.45, 2.75) is 44.9 Å². The number of amides is 1. The van der Waals surface area contributed by atoms with Crippen LogP contribution in [0.5, 0.6) is 5.75 Å². The summed E-state index contributed by atoms with van der Waals surface area (Å²) in [6.07, 6.45) is 1.50. The van der Waals surface area contributed by atoms with Gasteiger partial charge in [-0.2, -0.15) is 4.99 Å². The zero-order valence-electron chi connectivity index (χ0n) is 15.9.